The first-order valence-electron chi connectivity index (χ1n) is 10.1. The molecular formula is C22H30ClN3O3S. The first kappa shape index (κ1) is 24.3. The highest BCUT2D eigenvalue weighted by Crippen LogP contribution is 2.23. The molecule has 164 valence electrons. The zero-order chi connectivity index (χ0) is 20.9. The number of hydrogen-bond acceptors (Lipinski definition) is 4. The quantitative estimate of drug-likeness (QED) is 0.656. The summed E-state index contributed by atoms with van der Waals surface area (Å²) in [6.45, 7) is 2.23. The normalized spacial score (nSPS) is 14.0. The second kappa shape index (κ2) is 10.9. The number of carbonyl (C=O) groups excluding carboxylic acids is 1. The molecule has 1 amide bonds. The predicted molar refractivity (Wildman–Crippen MR) is 122 cm³/mol. The molecule has 1 aliphatic heterocycles. The topological polar surface area (TPSA) is 83.7 Å². The summed E-state index contributed by atoms with van der Waals surface area (Å²) in [7, 11) is -1.92. The van der Waals surface area contributed by atoms with Gasteiger partial charge in [0.25, 0.3) is 5.91 Å². The summed E-state index contributed by atoms with van der Waals surface area (Å²) in [5, 5.41) is 0. The van der Waals surface area contributed by atoms with Crippen LogP contribution in [0.2, 0.25) is 0 Å². The smallest absolute Gasteiger partial charge is 0.253 e. The molecule has 0 saturated heterocycles. The van der Waals surface area contributed by atoms with Gasteiger partial charge >= 0.3 is 0 Å². The maximum absolute atomic E-state index is 12.9. The molecule has 0 aromatic heterocycles. The van der Waals surface area contributed by atoms with Gasteiger partial charge in [0.15, 0.2) is 0 Å². The monoisotopic (exact) mass is 451 g/mol. The molecule has 0 unspecified atom stereocenters. The highest BCUT2D eigenvalue weighted by atomic mass is 35.5. The van der Waals surface area contributed by atoms with Gasteiger partial charge in [0.2, 0.25) is 10.0 Å². The van der Waals surface area contributed by atoms with Crippen molar-refractivity contribution in [2.24, 2.45) is 5.73 Å². The Kier molecular flexibility index (Phi) is 8.85. The molecule has 3 rings (SSSR count). The van der Waals surface area contributed by atoms with Crippen molar-refractivity contribution in [3.63, 3.8) is 0 Å². The van der Waals surface area contributed by atoms with Gasteiger partial charge in [-0.1, -0.05) is 24.3 Å². The molecule has 2 aromatic rings. The van der Waals surface area contributed by atoms with Crippen LogP contribution in [0.3, 0.4) is 0 Å². The predicted octanol–water partition coefficient (Wildman–Crippen LogP) is 2.71. The summed E-state index contributed by atoms with van der Waals surface area (Å²) in [5.74, 6) is 0.0193. The number of nitrogens with zero attached hydrogens (tertiary/aromatic N) is 2. The lowest BCUT2D eigenvalue weighted by Crippen LogP contribution is -2.33. The van der Waals surface area contributed by atoms with Gasteiger partial charge in [-0.2, -0.15) is 0 Å². The Morgan fingerprint density at radius 3 is 2.37 bits per heavy atom. The Morgan fingerprint density at radius 2 is 1.70 bits per heavy atom. The van der Waals surface area contributed by atoms with Crippen LogP contribution >= 0.6 is 12.4 Å². The number of benzene rings is 2. The first-order chi connectivity index (χ1) is 13.9. The van der Waals surface area contributed by atoms with Crippen molar-refractivity contribution in [1.82, 2.24) is 9.21 Å². The fourth-order valence-electron chi connectivity index (χ4n) is 3.61. The van der Waals surface area contributed by atoms with E-state index in [-0.39, 0.29) is 18.3 Å². The van der Waals surface area contributed by atoms with Gasteiger partial charge < -0.3 is 10.6 Å². The van der Waals surface area contributed by atoms with Crippen LogP contribution in [0.5, 0.6) is 0 Å². The van der Waals surface area contributed by atoms with Crippen LogP contribution in [0.4, 0.5) is 0 Å². The van der Waals surface area contributed by atoms with Gasteiger partial charge in [0.1, 0.15) is 0 Å². The maximum atomic E-state index is 12.9. The first-order valence-corrected chi connectivity index (χ1v) is 11.5. The molecule has 0 saturated carbocycles. The number of carbonyl (C=O) groups is 1. The lowest BCUT2D eigenvalue weighted by Gasteiger charge is -2.20. The van der Waals surface area contributed by atoms with Crippen LogP contribution in [0, 0.1) is 0 Å². The van der Waals surface area contributed by atoms with Crippen LogP contribution in [-0.4, -0.2) is 56.8 Å². The summed E-state index contributed by atoms with van der Waals surface area (Å²) in [5.41, 5.74) is 8.29. The van der Waals surface area contributed by atoms with E-state index < -0.39 is 10.0 Å². The second-order valence-electron chi connectivity index (χ2n) is 7.41. The fraction of sp³-hybridized carbons (Fsp3) is 0.409. The number of hydrogen-bond donors (Lipinski definition) is 1. The molecule has 6 nitrogen and oxygen atoms in total. The highest BCUT2D eigenvalue weighted by molar-refractivity contribution is 7.89. The van der Waals surface area contributed by atoms with E-state index in [0.29, 0.717) is 43.1 Å². The molecule has 0 fully saturated rings. The zero-order valence-corrected chi connectivity index (χ0v) is 18.9. The van der Waals surface area contributed by atoms with Crippen molar-refractivity contribution < 1.29 is 13.2 Å². The minimum absolute atomic E-state index is 0. The molecule has 0 radical (unpaired) electrons. The summed E-state index contributed by atoms with van der Waals surface area (Å²) >= 11 is 0. The molecule has 2 N–H and O–H groups in total. The van der Waals surface area contributed by atoms with Gasteiger partial charge in [-0.05, 0) is 67.6 Å². The number of amides is 1. The standard InChI is InChI=1S/C22H29N3O3S.ClH/c1-24(14-6-5-13-23)29(27,28)21-10-9-18-11-15-25(16-12-20(18)17-21)22(26)19-7-3-2-4-8-19;/h2-4,7-10,17H,5-6,11-16,23H2,1H3;1H. The largest absolute Gasteiger partial charge is 0.338 e. The van der Waals surface area contributed by atoms with E-state index in [4.69, 9.17) is 5.73 Å². The van der Waals surface area contributed by atoms with Gasteiger partial charge in [-0.3, -0.25) is 4.79 Å². The van der Waals surface area contributed by atoms with E-state index in [1.165, 1.54) is 4.31 Å². The molecule has 30 heavy (non-hydrogen) atoms. The van der Waals surface area contributed by atoms with Crippen LogP contribution < -0.4 is 5.73 Å². The third kappa shape index (κ3) is 5.60. The van der Waals surface area contributed by atoms with Crippen molar-refractivity contribution in [3.8, 4) is 0 Å². The average molecular weight is 452 g/mol. The molecule has 0 bridgehead atoms. The van der Waals surface area contributed by atoms with E-state index in [1.807, 2.05) is 41.3 Å². The molecule has 1 heterocycles. The molecule has 0 spiro atoms. The van der Waals surface area contributed by atoms with Crippen LogP contribution in [0.1, 0.15) is 34.3 Å². The van der Waals surface area contributed by atoms with E-state index in [9.17, 15) is 13.2 Å². The summed E-state index contributed by atoms with van der Waals surface area (Å²) in [6.07, 6.45) is 2.91. The Bertz CT molecular complexity index is 951. The van der Waals surface area contributed by atoms with Gasteiger partial charge in [-0.25, -0.2) is 12.7 Å². The van der Waals surface area contributed by atoms with Gasteiger partial charge in [0, 0.05) is 32.2 Å². The van der Waals surface area contributed by atoms with Crippen molar-refractivity contribution >= 4 is 28.3 Å². The minimum atomic E-state index is -3.53. The Morgan fingerprint density at radius 1 is 1.03 bits per heavy atom. The third-order valence-electron chi connectivity index (χ3n) is 5.42. The average Bonchev–Trinajstić information content (AvgIpc) is 2.96. The summed E-state index contributed by atoms with van der Waals surface area (Å²) in [4.78, 5) is 14.9. The zero-order valence-electron chi connectivity index (χ0n) is 17.3. The van der Waals surface area contributed by atoms with E-state index >= 15 is 0 Å². The second-order valence-corrected chi connectivity index (χ2v) is 9.46. The molecule has 8 heteroatoms. The van der Waals surface area contributed by atoms with Crippen molar-refractivity contribution in [1.29, 1.82) is 0 Å². The number of unbranched alkanes of at least 4 members (excludes halogenated alkanes) is 1. The summed E-state index contributed by atoms with van der Waals surface area (Å²) in [6, 6.07) is 14.6. The molecule has 1 aliphatic rings. The van der Waals surface area contributed by atoms with Gasteiger partial charge in [-0.15, -0.1) is 12.4 Å². The van der Waals surface area contributed by atoms with E-state index in [0.717, 1.165) is 30.4 Å². The van der Waals surface area contributed by atoms with Crippen molar-refractivity contribution in [3.05, 3.63) is 65.2 Å². The Balaban J connectivity index is 0.00000320. The van der Waals surface area contributed by atoms with Crippen LogP contribution in [-0.2, 0) is 22.9 Å². The van der Waals surface area contributed by atoms with Crippen molar-refractivity contribution in [2.45, 2.75) is 30.6 Å². The number of nitrogens with two attached hydrogens (primary N) is 1. The molecule has 2 aromatic carbocycles. The van der Waals surface area contributed by atoms with Crippen molar-refractivity contribution in [2.75, 3.05) is 33.2 Å². The van der Waals surface area contributed by atoms with Gasteiger partial charge in [0.05, 0.1) is 4.90 Å². The minimum Gasteiger partial charge on any atom is -0.338 e. The van der Waals surface area contributed by atoms with E-state index in [2.05, 4.69) is 0 Å². The molecule has 0 aliphatic carbocycles. The van der Waals surface area contributed by atoms with Crippen LogP contribution in [0.15, 0.2) is 53.4 Å². The number of sulfonamides is 1. The van der Waals surface area contributed by atoms with Crippen LogP contribution in [0.25, 0.3) is 0 Å². The SMILES string of the molecule is CN(CCCCN)S(=O)(=O)c1ccc2c(c1)CCN(C(=O)c1ccccc1)CC2.Cl. The fourth-order valence-corrected chi connectivity index (χ4v) is 4.87. The number of halogens is 1. The Hall–Kier alpha value is -1.93. The molecule has 0 atom stereocenters. The Labute approximate surface area is 185 Å². The summed E-state index contributed by atoms with van der Waals surface area (Å²) < 4.78 is 27.2. The number of fused-ring (bicyclic) bond motifs is 1. The lowest BCUT2D eigenvalue weighted by atomic mass is 10.0. The lowest BCUT2D eigenvalue weighted by molar-refractivity contribution is 0.0763. The molecular weight excluding hydrogens is 422 g/mol. The highest BCUT2D eigenvalue weighted by Gasteiger charge is 2.24. The van der Waals surface area contributed by atoms with E-state index in [1.54, 1.807) is 19.2 Å². The third-order valence-corrected chi connectivity index (χ3v) is 7.28. The maximum Gasteiger partial charge on any atom is 0.253 e. The number of rotatable bonds is 7.